The van der Waals surface area contributed by atoms with Crippen molar-refractivity contribution in [1.29, 1.82) is 0 Å². The summed E-state index contributed by atoms with van der Waals surface area (Å²) in [4.78, 5) is 4.55. The average Bonchev–Trinajstić information content (AvgIpc) is 2.85. The SMILES string of the molecule is CNC(C)CCc1nc(C2SCCSC2C)no1. The normalized spacial score (nSPS) is 26.2. The molecule has 2 heterocycles. The summed E-state index contributed by atoms with van der Waals surface area (Å²) in [7, 11) is 1.97. The van der Waals surface area contributed by atoms with Gasteiger partial charge in [-0.15, -0.1) is 11.8 Å². The van der Waals surface area contributed by atoms with E-state index >= 15 is 0 Å². The Morgan fingerprint density at radius 3 is 2.94 bits per heavy atom. The smallest absolute Gasteiger partial charge is 0.226 e. The summed E-state index contributed by atoms with van der Waals surface area (Å²) in [5, 5.41) is 8.33. The molecular formula is C12H21N3OS2. The van der Waals surface area contributed by atoms with Crippen LogP contribution in [0.2, 0.25) is 0 Å². The molecule has 0 bridgehead atoms. The van der Waals surface area contributed by atoms with Gasteiger partial charge in [0.25, 0.3) is 0 Å². The van der Waals surface area contributed by atoms with E-state index in [0.717, 1.165) is 24.6 Å². The minimum Gasteiger partial charge on any atom is -0.339 e. The zero-order chi connectivity index (χ0) is 13.0. The largest absolute Gasteiger partial charge is 0.339 e. The first kappa shape index (κ1) is 14.2. The second kappa shape index (κ2) is 6.82. The van der Waals surface area contributed by atoms with Crippen LogP contribution < -0.4 is 5.32 Å². The second-order valence-corrected chi connectivity index (χ2v) is 7.38. The molecule has 1 fully saturated rings. The molecule has 18 heavy (non-hydrogen) atoms. The highest BCUT2D eigenvalue weighted by Gasteiger charge is 2.28. The Hall–Kier alpha value is -0.200. The summed E-state index contributed by atoms with van der Waals surface area (Å²) in [5.74, 6) is 4.06. The van der Waals surface area contributed by atoms with Crippen LogP contribution in [0.3, 0.4) is 0 Å². The van der Waals surface area contributed by atoms with Crippen LogP contribution >= 0.6 is 23.5 Å². The molecule has 3 atom stereocenters. The standard InChI is InChI=1S/C12H21N3OS2/c1-8(13-3)4-5-10-14-12(15-16-10)11-9(2)17-6-7-18-11/h8-9,11,13H,4-7H2,1-3H3. The van der Waals surface area contributed by atoms with Gasteiger partial charge < -0.3 is 9.84 Å². The molecule has 0 aliphatic carbocycles. The van der Waals surface area contributed by atoms with E-state index in [1.807, 2.05) is 30.6 Å². The minimum atomic E-state index is 0.392. The predicted octanol–water partition coefficient (Wildman–Crippen LogP) is 2.52. The van der Waals surface area contributed by atoms with Crippen LogP contribution in [-0.4, -0.2) is 40.0 Å². The topological polar surface area (TPSA) is 51.0 Å². The van der Waals surface area contributed by atoms with Crippen molar-refractivity contribution in [3.8, 4) is 0 Å². The number of aromatic nitrogens is 2. The van der Waals surface area contributed by atoms with Crippen molar-refractivity contribution < 1.29 is 4.52 Å². The Morgan fingerprint density at radius 2 is 2.22 bits per heavy atom. The number of thioether (sulfide) groups is 2. The number of rotatable bonds is 5. The maximum atomic E-state index is 5.35. The lowest BCUT2D eigenvalue weighted by Gasteiger charge is -2.24. The van der Waals surface area contributed by atoms with Gasteiger partial charge in [0.2, 0.25) is 5.89 Å². The van der Waals surface area contributed by atoms with Crippen molar-refractivity contribution in [3.63, 3.8) is 0 Å². The molecule has 3 unspecified atom stereocenters. The predicted molar refractivity (Wildman–Crippen MR) is 78.3 cm³/mol. The Morgan fingerprint density at radius 1 is 1.44 bits per heavy atom. The molecule has 2 rings (SSSR count). The van der Waals surface area contributed by atoms with Gasteiger partial charge >= 0.3 is 0 Å². The van der Waals surface area contributed by atoms with Crippen LogP contribution in [0.1, 0.15) is 37.2 Å². The van der Waals surface area contributed by atoms with Gasteiger partial charge in [0.1, 0.15) is 0 Å². The Kier molecular flexibility index (Phi) is 5.38. The maximum absolute atomic E-state index is 5.35. The third-order valence-electron chi connectivity index (χ3n) is 3.21. The Labute approximate surface area is 117 Å². The molecule has 0 aromatic carbocycles. The van der Waals surface area contributed by atoms with Crippen molar-refractivity contribution in [2.24, 2.45) is 0 Å². The number of nitrogens with zero attached hydrogens (tertiary/aromatic N) is 2. The molecule has 0 amide bonds. The quantitative estimate of drug-likeness (QED) is 0.898. The van der Waals surface area contributed by atoms with E-state index in [1.54, 1.807) is 0 Å². The maximum Gasteiger partial charge on any atom is 0.226 e. The number of nitrogens with one attached hydrogen (secondary N) is 1. The van der Waals surface area contributed by atoms with Crippen molar-refractivity contribution >= 4 is 23.5 Å². The van der Waals surface area contributed by atoms with Gasteiger partial charge in [-0.2, -0.15) is 16.7 Å². The Bertz CT molecular complexity index is 372. The molecule has 0 saturated carbocycles. The molecule has 1 saturated heterocycles. The van der Waals surface area contributed by atoms with Gasteiger partial charge in [0.05, 0.1) is 5.25 Å². The lowest BCUT2D eigenvalue weighted by Crippen LogP contribution is -2.21. The first-order valence-electron chi connectivity index (χ1n) is 6.43. The van der Waals surface area contributed by atoms with Crippen molar-refractivity contribution in [2.45, 2.75) is 43.2 Å². The summed E-state index contributed by atoms with van der Waals surface area (Å²) in [5.41, 5.74) is 0. The van der Waals surface area contributed by atoms with Crippen LogP contribution in [0.15, 0.2) is 4.52 Å². The fourth-order valence-corrected chi connectivity index (χ4v) is 4.57. The van der Waals surface area contributed by atoms with Crippen LogP contribution in [0.5, 0.6) is 0 Å². The van der Waals surface area contributed by atoms with Crippen LogP contribution in [0.4, 0.5) is 0 Å². The first-order chi connectivity index (χ1) is 8.70. The fourth-order valence-electron chi connectivity index (χ4n) is 1.89. The van der Waals surface area contributed by atoms with E-state index in [2.05, 4.69) is 29.3 Å². The fraction of sp³-hybridized carbons (Fsp3) is 0.833. The van der Waals surface area contributed by atoms with Gasteiger partial charge in [-0.1, -0.05) is 12.1 Å². The molecule has 1 aliphatic rings. The van der Waals surface area contributed by atoms with Crippen molar-refractivity contribution in [2.75, 3.05) is 18.6 Å². The third-order valence-corrected chi connectivity index (χ3v) is 6.30. The number of aryl methyl sites for hydroxylation is 1. The highest BCUT2D eigenvalue weighted by atomic mass is 32.2. The van der Waals surface area contributed by atoms with Gasteiger partial charge in [-0.05, 0) is 20.4 Å². The van der Waals surface area contributed by atoms with E-state index in [-0.39, 0.29) is 0 Å². The lowest BCUT2D eigenvalue weighted by atomic mass is 10.2. The minimum absolute atomic E-state index is 0.392. The molecule has 4 nitrogen and oxygen atoms in total. The number of hydrogen-bond donors (Lipinski definition) is 1. The molecule has 6 heteroatoms. The molecule has 0 radical (unpaired) electrons. The molecule has 1 aromatic rings. The average molecular weight is 287 g/mol. The monoisotopic (exact) mass is 287 g/mol. The summed E-state index contributed by atoms with van der Waals surface area (Å²) >= 11 is 3.95. The van der Waals surface area contributed by atoms with Gasteiger partial charge in [0.15, 0.2) is 5.82 Å². The molecule has 1 aliphatic heterocycles. The zero-order valence-electron chi connectivity index (χ0n) is 11.2. The Balaban J connectivity index is 1.92. The van der Waals surface area contributed by atoms with E-state index in [1.165, 1.54) is 11.5 Å². The summed E-state index contributed by atoms with van der Waals surface area (Å²) in [6.07, 6.45) is 1.88. The molecule has 1 N–H and O–H groups in total. The van der Waals surface area contributed by atoms with E-state index in [0.29, 0.717) is 16.5 Å². The van der Waals surface area contributed by atoms with Gasteiger partial charge in [-0.25, -0.2) is 0 Å². The van der Waals surface area contributed by atoms with Gasteiger partial charge in [-0.3, -0.25) is 0 Å². The van der Waals surface area contributed by atoms with Crippen molar-refractivity contribution in [3.05, 3.63) is 11.7 Å². The molecule has 102 valence electrons. The summed E-state index contributed by atoms with van der Waals surface area (Å²) in [6.45, 7) is 4.41. The number of hydrogen-bond acceptors (Lipinski definition) is 6. The van der Waals surface area contributed by atoms with Gasteiger partial charge in [0, 0.05) is 29.2 Å². The van der Waals surface area contributed by atoms with Crippen LogP contribution in [0, 0.1) is 0 Å². The van der Waals surface area contributed by atoms with Crippen LogP contribution in [0.25, 0.3) is 0 Å². The molecule has 1 aromatic heterocycles. The summed E-state index contributed by atoms with van der Waals surface area (Å²) < 4.78 is 5.35. The molecular weight excluding hydrogens is 266 g/mol. The van der Waals surface area contributed by atoms with E-state index in [4.69, 9.17) is 4.52 Å². The summed E-state index contributed by atoms with van der Waals surface area (Å²) in [6, 6.07) is 0.485. The molecule has 0 spiro atoms. The van der Waals surface area contributed by atoms with Crippen molar-refractivity contribution in [1.82, 2.24) is 15.5 Å². The van der Waals surface area contributed by atoms with E-state index in [9.17, 15) is 0 Å². The lowest BCUT2D eigenvalue weighted by molar-refractivity contribution is 0.364. The zero-order valence-corrected chi connectivity index (χ0v) is 12.8. The second-order valence-electron chi connectivity index (χ2n) is 4.64. The van der Waals surface area contributed by atoms with Crippen LogP contribution in [-0.2, 0) is 6.42 Å². The highest BCUT2D eigenvalue weighted by molar-refractivity contribution is 8.06. The van der Waals surface area contributed by atoms with E-state index < -0.39 is 0 Å². The third kappa shape index (κ3) is 3.65. The highest BCUT2D eigenvalue weighted by Crippen LogP contribution is 2.41. The first-order valence-corrected chi connectivity index (χ1v) is 8.53.